The zero-order valence-corrected chi connectivity index (χ0v) is 18.8. The molecule has 0 amide bonds. The summed E-state index contributed by atoms with van der Waals surface area (Å²) < 4.78 is 42.2. The van der Waals surface area contributed by atoms with Crippen molar-refractivity contribution >= 4 is 5.82 Å². The van der Waals surface area contributed by atoms with Crippen LogP contribution in [0.5, 0.6) is 0 Å². The molecule has 0 radical (unpaired) electrons. The highest BCUT2D eigenvalue weighted by atomic mass is 19.4. The number of anilines is 1. The number of piperazine rings is 1. The van der Waals surface area contributed by atoms with Gasteiger partial charge in [-0.05, 0) is 37.8 Å². The molecule has 3 aliphatic rings. The molecule has 174 valence electrons. The number of hydrogen-bond donors (Lipinski definition) is 1. The number of imidazole rings is 1. The van der Waals surface area contributed by atoms with Crippen LogP contribution in [0.25, 0.3) is 11.3 Å². The molecule has 2 atom stereocenters. The van der Waals surface area contributed by atoms with Crippen molar-refractivity contribution in [2.75, 3.05) is 39.0 Å². The minimum absolute atomic E-state index is 0.183. The summed E-state index contributed by atoms with van der Waals surface area (Å²) >= 11 is 0. The lowest BCUT2D eigenvalue weighted by Crippen LogP contribution is -2.48. The highest BCUT2D eigenvalue weighted by Gasteiger charge is 2.58. The summed E-state index contributed by atoms with van der Waals surface area (Å²) in [4.78, 5) is 13.6. The van der Waals surface area contributed by atoms with Crippen LogP contribution in [0.4, 0.5) is 19.0 Å². The molecule has 2 unspecified atom stereocenters. The second kappa shape index (κ2) is 7.73. The Bertz CT molecular complexity index is 980. The molecule has 5 rings (SSSR count). The van der Waals surface area contributed by atoms with Gasteiger partial charge in [-0.15, -0.1) is 0 Å². The molecule has 9 heteroatoms. The van der Waals surface area contributed by atoms with E-state index in [2.05, 4.69) is 40.2 Å². The van der Waals surface area contributed by atoms with Crippen LogP contribution in [0.15, 0.2) is 18.5 Å². The van der Waals surface area contributed by atoms with Crippen LogP contribution in [0.1, 0.15) is 50.0 Å². The predicted molar refractivity (Wildman–Crippen MR) is 117 cm³/mol. The molecule has 2 aliphatic carbocycles. The van der Waals surface area contributed by atoms with Gasteiger partial charge in [-0.1, -0.05) is 13.8 Å². The minimum Gasteiger partial charge on any atom is -0.383 e. The summed E-state index contributed by atoms with van der Waals surface area (Å²) in [5.74, 6) is 1.88. The molecule has 0 spiro atoms. The Morgan fingerprint density at radius 2 is 1.75 bits per heavy atom. The van der Waals surface area contributed by atoms with Gasteiger partial charge in [0.2, 0.25) is 0 Å². The molecule has 32 heavy (non-hydrogen) atoms. The number of nitrogens with zero attached hydrogens (tertiary/aromatic N) is 5. The Balaban J connectivity index is 1.36. The van der Waals surface area contributed by atoms with E-state index in [1.165, 1.54) is 19.0 Å². The first-order valence-corrected chi connectivity index (χ1v) is 11.5. The summed E-state index contributed by atoms with van der Waals surface area (Å²) in [7, 11) is 2.18. The van der Waals surface area contributed by atoms with Crippen molar-refractivity contribution < 1.29 is 13.2 Å². The quantitative estimate of drug-likeness (QED) is 0.770. The zero-order valence-electron chi connectivity index (χ0n) is 18.8. The molecule has 0 bridgehead atoms. The standard InChI is InChI=1S/C23H31F3N6/c1-13(2)22-29-19(14-8-18(23(24,25)26)21(27)28-11-14)12-32(22)20-16-9-15(10-17(16)20)31-6-4-30(3)5-7-31/h8,11-13,15-17,20H,4-7,9-10H2,1-3H3,(H2,27,28). The van der Waals surface area contributed by atoms with Crippen molar-refractivity contribution in [2.24, 2.45) is 11.8 Å². The van der Waals surface area contributed by atoms with Gasteiger partial charge in [-0.3, -0.25) is 4.90 Å². The molecule has 0 aromatic carbocycles. The second-order valence-corrected chi connectivity index (χ2v) is 9.98. The number of halogens is 3. The van der Waals surface area contributed by atoms with Crippen LogP contribution in [-0.4, -0.2) is 63.6 Å². The minimum atomic E-state index is -4.54. The van der Waals surface area contributed by atoms with Crippen LogP contribution in [0.2, 0.25) is 0 Å². The van der Waals surface area contributed by atoms with Gasteiger partial charge in [0.1, 0.15) is 11.6 Å². The van der Waals surface area contributed by atoms with Crippen LogP contribution < -0.4 is 5.73 Å². The van der Waals surface area contributed by atoms with Gasteiger partial charge in [-0.25, -0.2) is 9.97 Å². The Hall–Kier alpha value is -2.13. The fourth-order valence-corrected chi connectivity index (χ4v) is 5.73. The van der Waals surface area contributed by atoms with E-state index in [4.69, 9.17) is 10.7 Å². The number of nitrogen functional groups attached to an aromatic ring is 1. The molecule has 3 heterocycles. The molecule has 2 aromatic rings. The Morgan fingerprint density at radius 3 is 2.34 bits per heavy atom. The van der Waals surface area contributed by atoms with Gasteiger partial charge < -0.3 is 15.2 Å². The first kappa shape index (κ1) is 21.7. The van der Waals surface area contributed by atoms with Gasteiger partial charge in [0.15, 0.2) is 0 Å². The molecule has 2 saturated carbocycles. The smallest absolute Gasteiger partial charge is 0.383 e. The zero-order chi connectivity index (χ0) is 22.8. The van der Waals surface area contributed by atoms with Gasteiger partial charge in [0.05, 0.1) is 11.3 Å². The molecular formula is C23H31F3N6. The summed E-state index contributed by atoms with van der Waals surface area (Å²) in [6.45, 7) is 8.71. The third-order valence-corrected chi connectivity index (χ3v) is 7.55. The maximum absolute atomic E-state index is 13.3. The number of likely N-dealkylation sites (N-methyl/N-ethyl adjacent to an activating group) is 1. The molecule has 1 aliphatic heterocycles. The van der Waals surface area contributed by atoms with Crippen molar-refractivity contribution in [1.82, 2.24) is 24.3 Å². The molecule has 1 saturated heterocycles. The van der Waals surface area contributed by atoms with Crippen molar-refractivity contribution in [3.8, 4) is 11.3 Å². The average molecular weight is 449 g/mol. The molecule has 6 nitrogen and oxygen atoms in total. The van der Waals surface area contributed by atoms with E-state index in [9.17, 15) is 13.2 Å². The Labute approximate surface area is 186 Å². The highest BCUT2D eigenvalue weighted by molar-refractivity contribution is 5.62. The Kier molecular flexibility index (Phi) is 5.24. The third kappa shape index (κ3) is 3.79. The van der Waals surface area contributed by atoms with E-state index in [0.717, 1.165) is 38.1 Å². The van der Waals surface area contributed by atoms with E-state index in [0.29, 0.717) is 35.2 Å². The number of nitrogens with two attached hydrogens (primary N) is 1. The van der Waals surface area contributed by atoms with E-state index < -0.39 is 17.6 Å². The van der Waals surface area contributed by atoms with Gasteiger partial charge in [0, 0.05) is 62.1 Å². The predicted octanol–water partition coefficient (Wildman–Crippen LogP) is 3.87. The van der Waals surface area contributed by atoms with Gasteiger partial charge in [-0.2, -0.15) is 13.2 Å². The summed E-state index contributed by atoms with van der Waals surface area (Å²) in [6.07, 6.45) is 1.18. The van der Waals surface area contributed by atoms with Crippen LogP contribution >= 0.6 is 0 Å². The van der Waals surface area contributed by atoms with Crippen molar-refractivity contribution in [3.63, 3.8) is 0 Å². The summed E-state index contributed by atoms with van der Waals surface area (Å²) in [5.41, 5.74) is 5.46. The van der Waals surface area contributed by atoms with E-state index in [1.807, 2.05) is 6.20 Å². The van der Waals surface area contributed by atoms with E-state index in [-0.39, 0.29) is 5.92 Å². The number of alkyl halides is 3. The molecule has 3 fully saturated rings. The van der Waals surface area contributed by atoms with E-state index >= 15 is 0 Å². The van der Waals surface area contributed by atoms with Crippen molar-refractivity contribution in [2.45, 2.75) is 50.9 Å². The number of rotatable bonds is 4. The lowest BCUT2D eigenvalue weighted by atomic mass is 10.1. The number of fused-ring (bicyclic) bond motifs is 1. The van der Waals surface area contributed by atoms with Gasteiger partial charge >= 0.3 is 6.18 Å². The average Bonchev–Trinajstić information content (AvgIpc) is 3.08. The number of pyridine rings is 1. The summed E-state index contributed by atoms with van der Waals surface area (Å²) in [5, 5.41) is 0. The fraction of sp³-hybridized carbons (Fsp3) is 0.652. The maximum atomic E-state index is 13.3. The van der Waals surface area contributed by atoms with Crippen molar-refractivity contribution in [1.29, 1.82) is 0 Å². The SMILES string of the molecule is CC(C)c1nc(-c2cnc(N)c(C(F)(F)F)c2)cn1C1C2CC(N3CCN(C)CC3)CC21. The van der Waals surface area contributed by atoms with Crippen molar-refractivity contribution in [3.05, 3.63) is 29.8 Å². The lowest BCUT2D eigenvalue weighted by Gasteiger charge is -2.37. The Morgan fingerprint density at radius 1 is 1.09 bits per heavy atom. The maximum Gasteiger partial charge on any atom is 0.419 e. The second-order valence-electron chi connectivity index (χ2n) is 9.98. The number of aromatic nitrogens is 3. The van der Waals surface area contributed by atoms with Crippen LogP contribution in [0.3, 0.4) is 0 Å². The summed E-state index contributed by atoms with van der Waals surface area (Å²) in [6, 6.07) is 2.13. The monoisotopic (exact) mass is 448 g/mol. The highest BCUT2D eigenvalue weighted by Crippen LogP contribution is 2.62. The fourth-order valence-electron chi connectivity index (χ4n) is 5.73. The third-order valence-electron chi connectivity index (χ3n) is 7.55. The normalized spacial score (nSPS) is 29.0. The van der Waals surface area contributed by atoms with Gasteiger partial charge in [0.25, 0.3) is 0 Å². The molecule has 2 N–H and O–H groups in total. The number of hydrogen-bond acceptors (Lipinski definition) is 5. The first-order valence-electron chi connectivity index (χ1n) is 11.5. The molecule has 2 aromatic heterocycles. The molecular weight excluding hydrogens is 417 g/mol. The lowest BCUT2D eigenvalue weighted by molar-refractivity contribution is -0.137. The largest absolute Gasteiger partial charge is 0.419 e. The van der Waals surface area contributed by atoms with E-state index in [1.54, 1.807) is 0 Å². The van der Waals surface area contributed by atoms with Crippen LogP contribution in [0, 0.1) is 11.8 Å². The topological polar surface area (TPSA) is 63.2 Å². The first-order chi connectivity index (χ1) is 15.1. The van der Waals surface area contributed by atoms with Crippen LogP contribution in [-0.2, 0) is 6.18 Å².